The molecule has 0 bridgehead atoms. The van der Waals surface area contributed by atoms with E-state index in [4.69, 9.17) is 5.11 Å². The second-order valence-electron chi connectivity index (χ2n) is 9.14. The minimum atomic E-state index is -0.979. The lowest BCUT2D eigenvalue weighted by molar-refractivity contribution is 0.0696. The van der Waals surface area contributed by atoms with E-state index in [9.17, 15) is 9.59 Å². The van der Waals surface area contributed by atoms with E-state index in [1.165, 1.54) is 17.5 Å². The highest BCUT2D eigenvalue weighted by molar-refractivity contribution is 7.08. The second-order valence-corrected chi connectivity index (χ2v) is 9.92. The van der Waals surface area contributed by atoms with Gasteiger partial charge in [-0.25, -0.2) is 4.79 Å². The van der Waals surface area contributed by atoms with E-state index in [0.717, 1.165) is 38.5 Å². The number of nitrogens with one attached hydrogen (secondary N) is 1. The van der Waals surface area contributed by atoms with Crippen LogP contribution in [0.5, 0.6) is 0 Å². The normalized spacial score (nSPS) is 11.2. The van der Waals surface area contributed by atoms with Crippen molar-refractivity contribution >= 4 is 44.9 Å². The molecule has 0 aliphatic carbocycles. The molecule has 0 spiro atoms. The van der Waals surface area contributed by atoms with E-state index < -0.39 is 5.97 Å². The van der Waals surface area contributed by atoms with Crippen LogP contribution in [0.1, 0.15) is 31.8 Å². The van der Waals surface area contributed by atoms with Crippen LogP contribution in [0.3, 0.4) is 0 Å². The van der Waals surface area contributed by atoms with Gasteiger partial charge in [-0.15, -0.1) is 0 Å². The van der Waals surface area contributed by atoms with Gasteiger partial charge in [0, 0.05) is 11.9 Å². The number of carbonyl (C=O) groups is 2. The van der Waals surface area contributed by atoms with Gasteiger partial charge in [0.15, 0.2) is 0 Å². The zero-order valence-electron chi connectivity index (χ0n) is 20.3. The van der Waals surface area contributed by atoms with Crippen LogP contribution in [-0.2, 0) is 13.1 Å². The molecule has 0 saturated heterocycles. The number of amides is 1. The second kappa shape index (κ2) is 9.95. The van der Waals surface area contributed by atoms with Crippen LogP contribution >= 0.6 is 11.3 Å². The first-order valence-electron chi connectivity index (χ1n) is 12.2. The number of carboxylic acids is 1. The molecule has 186 valence electrons. The van der Waals surface area contributed by atoms with Gasteiger partial charge in [0.1, 0.15) is 0 Å². The summed E-state index contributed by atoms with van der Waals surface area (Å²) in [6, 6.07) is 27.1. The molecule has 6 rings (SSSR count). The number of hydrogen-bond acceptors (Lipinski definition) is 4. The Hall–Kier alpha value is -4.75. The summed E-state index contributed by atoms with van der Waals surface area (Å²) >= 11 is 1.61. The number of thiophene rings is 1. The van der Waals surface area contributed by atoms with Crippen LogP contribution < -0.4 is 5.32 Å². The number of aromatic carboxylic acids is 1. The summed E-state index contributed by atoms with van der Waals surface area (Å²) in [6.07, 6.45) is 1.81. The Morgan fingerprint density at radius 3 is 2.39 bits per heavy atom. The number of carboxylic acid groups (broad SMARTS) is 1. The van der Waals surface area contributed by atoms with Gasteiger partial charge in [0.25, 0.3) is 5.91 Å². The van der Waals surface area contributed by atoms with E-state index in [-0.39, 0.29) is 18.0 Å². The van der Waals surface area contributed by atoms with Gasteiger partial charge < -0.3 is 10.4 Å². The zero-order valence-corrected chi connectivity index (χ0v) is 21.1. The lowest BCUT2D eigenvalue weighted by atomic mass is 10.0. The number of fused-ring (bicyclic) bond motifs is 2. The van der Waals surface area contributed by atoms with Crippen LogP contribution in [0.15, 0.2) is 102 Å². The van der Waals surface area contributed by atoms with Crippen LogP contribution in [0, 0.1) is 0 Å². The van der Waals surface area contributed by atoms with Crippen molar-refractivity contribution < 1.29 is 14.7 Å². The fraction of sp³-hybridized carbons (Fsp3) is 0.0645. The highest BCUT2D eigenvalue weighted by Crippen LogP contribution is 2.30. The summed E-state index contributed by atoms with van der Waals surface area (Å²) in [5.41, 5.74) is 5.46. The Morgan fingerprint density at radius 2 is 1.63 bits per heavy atom. The van der Waals surface area contributed by atoms with Crippen molar-refractivity contribution in [3.05, 3.63) is 124 Å². The minimum absolute atomic E-state index is 0.211. The summed E-state index contributed by atoms with van der Waals surface area (Å²) in [6.45, 7) is 0.810. The highest BCUT2D eigenvalue weighted by Gasteiger charge is 2.18. The average Bonchev–Trinajstić information content (AvgIpc) is 3.62. The third-order valence-corrected chi connectivity index (χ3v) is 7.32. The summed E-state index contributed by atoms with van der Waals surface area (Å²) in [5.74, 6) is -1.19. The molecular weight excluding hydrogens is 494 g/mol. The molecule has 0 aliphatic heterocycles. The van der Waals surface area contributed by atoms with Crippen molar-refractivity contribution in [3.8, 4) is 11.1 Å². The molecular formula is C31H23N3O3S. The standard InChI is InChI=1S/C31H23N3O3S/c35-30(32-16-20-5-9-23(10-6-20)31(36)37)28-15-26(25-11-12-38-19-25)14-27-17-33-34(29(27)28)18-21-7-8-22-3-1-2-4-24(22)13-21/h1-15,17,19H,16,18H2,(H,32,35)(H,36,37). The van der Waals surface area contributed by atoms with E-state index in [1.807, 2.05) is 40.5 Å². The van der Waals surface area contributed by atoms with Gasteiger partial charge in [-0.1, -0.05) is 48.5 Å². The summed E-state index contributed by atoms with van der Waals surface area (Å²) in [4.78, 5) is 24.7. The molecule has 38 heavy (non-hydrogen) atoms. The van der Waals surface area contributed by atoms with Gasteiger partial charge in [-0.3, -0.25) is 9.48 Å². The molecule has 0 fully saturated rings. The molecule has 2 heterocycles. The first-order valence-corrected chi connectivity index (χ1v) is 13.1. The van der Waals surface area contributed by atoms with Crippen LogP contribution in [0.2, 0.25) is 0 Å². The van der Waals surface area contributed by atoms with Gasteiger partial charge in [0.2, 0.25) is 0 Å². The Morgan fingerprint density at radius 1 is 0.842 bits per heavy atom. The number of rotatable bonds is 7. The topological polar surface area (TPSA) is 84.2 Å². The van der Waals surface area contributed by atoms with E-state index in [1.54, 1.807) is 23.5 Å². The first kappa shape index (κ1) is 23.6. The van der Waals surface area contributed by atoms with E-state index in [2.05, 4.69) is 52.2 Å². The quantitative estimate of drug-likeness (QED) is 0.250. The SMILES string of the molecule is O=C(O)c1ccc(CNC(=O)c2cc(-c3ccsc3)cc3cnn(Cc4ccc5ccccc5c4)c23)cc1. The zero-order chi connectivity index (χ0) is 26.1. The number of hydrogen-bond donors (Lipinski definition) is 2. The third-order valence-electron chi connectivity index (χ3n) is 6.63. The summed E-state index contributed by atoms with van der Waals surface area (Å²) in [5, 5.41) is 24.1. The fourth-order valence-electron chi connectivity index (χ4n) is 4.67. The van der Waals surface area contributed by atoms with Crippen LogP contribution in [0.25, 0.3) is 32.8 Å². The Balaban J connectivity index is 1.35. The number of benzene rings is 4. The third kappa shape index (κ3) is 4.67. The monoisotopic (exact) mass is 517 g/mol. The maximum atomic E-state index is 13.6. The summed E-state index contributed by atoms with van der Waals surface area (Å²) < 4.78 is 1.88. The predicted molar refractivity (Wildman–Crippen MR) is 151 cm³/mol. The Labute approximate surface area is 222 Å². The van der Waals surface area contributed by atoms with Crippen molar-refractivity contribution in [1.82, 2.24) is 15.1 Å². The molecule has 0 radical (unpaired) electrons. The molecule has 1 amide bonds. The van der Waals surface area contributed by atoms with Gasteiger partial charge in [-0.05, 0) is 80.2 Å². The number of nitrogens with zero attached hydrogens (tertiary/aromatic N) is 2. The Bertz CT molecular complexity index is 1790. The molecule has 0 unspecified atom stereocenters. The molecule has 2 N–H and O–H groups in total. The molecule has 4 aromatic carbocycles. The lowest BCUT2D eigenvalue weighted by Gasteiger charge is -2.12. The largest absolute Gasteiger partial charge is 0.478 e. The van der Waals surface area contributed by atoms with Gasteiger partial charge >= 0.3 is 5.97 Å². The Kier molecular flexibility index (Phi) is 6.19. The van der Waals surface area contributed by atoms with Gasteiger partial charge in [-0.2, -0.15) is 16.4 Å². The molecule has 6 aromatic rings. The maximum Gasteiger partial charge on any atom is 0.335 e. The van der Waals surface area contributed by atoms with Crippen molar-refractivity contribution in [3.63, 3.8) is 0 Å². The molecule has 6 nitrogen and oxygen atoms in total. The summed E-state index contributed by atoms with van der Waals surface area (Å²) in [7, 11) is 0. The average molecular weight is 518 g/mol. The smallest absolute Gasteiger partial charge is 0.335 e. The first-order chi connectivity index (χ1) is 18.5. The van der Waals surface area contributed by atoms with Crippen molar-refractivity contribution in [2.75, 3.05) is 0 Å². The van der Waals surface area contributed by atoms with Crippen LogP contribution in [-0.4, -0.2) is 26.8 Å². The lowest BCUT2D eigenvalue weighted by Crippen LogP contribution is -2.24. The predicted octanol–water partition coefficient (Wildman–Crippen LogP) is 6.59. The van der Waals surface area contributed by atoms with Crippen molar-refractivity contribution in [1.29, 1.82) is 0 Å². The van der Waals surface area contributed by atoms with E-state index >= 15 is 0 Å². The van der Waals surface area contributed by atoms with Crippen LogP contribution in [0.4, 0.5) is 0 Å². The van der Waals surface area contributed by atoms with Crippen molar-refractivity contribution in [2.45, 2.75) is 13.1 Å². The van der Waals surface area contributed by atoms with Gasteiger partial charge in [0.05, 0.1) is 29.4 Å². The highest BCUT2D eigenvalue weighted by atomic mass is 32.1. The molecule has 0 atom stereocenters. The maximum absolute atomic E-state index is 13.6. The number of carbonyl (C=O) groups excluding carboxylic acids is 1. The molecule has 7 heteroatoms. The number of aromatic nitrogens is 2. The molecule has 0 saturated carbocycles. The van der Waals surface area contributed by atoms with Crippen molar-refractivity contribution in [2.24, 2.45) is 0 Å². The molecule has 0 aliphatic rings. The fourth-order valence-corrected chi connectivity index (χ4v) is 5.34. The minimum Gasteiger partial charge on any atom is -0.478 e. The molecule has 2 aromatic heterocycles. The van der Waals surface area contributed by atoms with E-state index in [0.29, 0.717) is 12.1 Å².